The van der Waals surface area contributed by atoms with Crippen LogP contribution in [0.4, 0.5) is 5.69 Å². The Bertz CT molecular complexity index is 931. The maximum absolute atomic E-state index is 12.6. The third-order valence-electron chi connectivity index (χ3n) is 6.73. The van der Waals surface area contributed by atoms with Crippen molar-refractivity contribution in [1.82, 2.24) is 15.2 Å². The molecule has 1 aliphatic carbocycles. The van der Waals surface area contributed by atoms with Gasteiger partial charge in [-0.15, -0.1) is 0 Å². The molecule has 0 bridgehead atoms. The molecule has 2 aliphatic rings. The molecule has 1 saturated heterocycles. The average molecular weight is 435 g/mol. The van der Waals surface area contributed by atoms with E-state index in [0.29, 0.717) is 11.7 Å². The van der Waals surface area contributed by atoms with E-state index in [2.05, 4.69) is 26.6 Å². The Balaban J connectivity index is 1.27. The summed E-state index contributed by atoms with van der Waals surface area (Å²) in [7, 11) is 0. The van der Waals surface area contributed by atoms with Crippen LogP contribution in [0.1, 0.15) is 66.6 Å². The molecular formula is C26H34N4O2. The van der Waals surface area contributed by atoms with Gasteiger partial charge in [-0.3, -0.25) is 19.5 Å². The summed E-state index contributed by atoms with van der Waals surface area (Å²) in [5.74, 6) is 0.205. The number of nitrogens with zero attached hydrogens (tertiary/aromatic N) is 2. The maximum atomic E-state index is 12.6. The van der Waals surface area contributed by atoms with Gasteiger partial charge in [-0.2, -0.15) is 0 Å². The van der Waals surface area contributed by atoms with Crippen LogP contribution < -0.4 is 10.6 Å². The summed E-state index contributed by atoms with van der Waals surface area (Å²) in [4.78, 5) is 31.8. The predicted molar refractivity (Wildman–Crippen MR) is 126 cm³/mol. The predicted octanol–water partition coefficient (Wildman–Crippen LogP) is 4.30. The molecule has 1 saturated carbocycles. The summed E-state index contributed by atoms with van der Waals surface area (Å²) in [5, 5.41) is 6.26. The quantitative estimate of drug-likeness (QED) is 0.711. The maximum Gasteiger partial charge on any atom is 0.274 e. The highest BCUT2D eigenvalue weighted by atomic mass is 16.2. The monoisotopic (exact) mass is 434 g/mol. The van der Waals surface area contributed by atoms with Crippen molar-refractivity contribution in [3.63, 3.8) is 0 Å². The number of aryl methyl sites for hydroxylation is 1. The average Bonchev–Trinajstić information content (AvgIpc) is 2.81. The molecule has 1 aromatic carbocycles. The Hall–Kier alpha value is -2.73. The number of amides is 2. The van der Waals surface area contributed by atoms with Crippen LogP contribution in [0, 0.1) is 12.8 Å². The van der Waals surface area contributed by atoms with Crippen molar-refractivity contribution in [2.24, 2.45) is 5.92 Å². The van der Waals surface area contributed by atoms with Crippen molar-refractivity contribution < 1.29 is 9.59 Å². The number of benzene rings is 1. The standard InChI is InChI=1S/C26H34N4O2/c1-19-7-6-14-27-24(19)26(32)29-23-11-5-8-20(17-23)18-30-15-12-21(13-16-30)25(31)28-22-9-3-2-4-10-22/h5-8,11,14,17,21-22H,2-4,9-10,12-13,15-16,18H2,1H3,(H,28,31)(H,29,32). The summed E-state index contributed by atoms with van der Waals surface area (Å²) in [6.07, 6.45) is 9.52. The van der Waals surface area contributed by atoms with Crippen LogP contribution in [0.15, 0.2) is 42.6 Å². The fraction of sp³-hybridized carbons (Fsp3) is 0.500. The van der Waals surface area contributed by atoms with Crippen LogP contribution >= 0.6 is 0 Å². The van der Waals surface area contributed by atoms with Gasteiger partial charge in [0.2, 0.25) is 5.91 Å². The van der Waals surface area contributed by atoms with Gasteiger partial charge in [0.15, 0.2) is 0 Å². The Morgan fingerprint density at radius 3 is 2.56 bits per heavy atom. The van der Waals surface area contributed by atoms with E-state index in [1.165, 1.54) is 19.3 Å². The second-order valence-corrected chi connectivity index (χ2v) is 9.22. The summed E-state index contributed by atoms with van der Waals surface area (Å²) >= 11 is 0. The number of carbonyl (C=O) groups is 2. The fourth-order valence-corrected chi connectivity index (χ4v) is 4.84. The third-order valence-corrected chi connectivity index (χ3v) is 6.73. The van der Waals surface area contributed by atoms with E-state index < -0.39 is 0 Å². The van der Waals surface area contributed by atoms with Crippen LogP contribution in [0.3, 0.4) is 0 Å². The van der Waals surface area contributed by atoms with Crippen LogP contribution in [0.5, 0.6) is 0 Å². The molecule has 170 valence electrons. The van der Waals surface area contributed by atoms with Gasteiger partial charge in [0.1, 0.15) is 5.69 Å². The highest BCUT2D eigenvalue weighted by Gasteiger charge is 2.27. The number of hydrogen-bond donors (Lipinski definition) is 2. The molecule has 2 amide bonds. The zero-order chi connectivity index (χ0) is 22.3. The lowest BCUT2D eigenvalue weighted by molar-refractivity contribution is -0.127. The van der Waals surface area contributed by atoms with Crippen molar-refractivity contribution in [2.45, 2.75) is 64.5 Å². The lowest BCUT2D eigenvalue weighted by Gasteiger charge is -2.32. The Labute approximate surface area is 190 Å². The first-order valence-corrected chi connectivity index (χ1v) is 11.9. The van der Waals surface area contributed by atoms with E-state index in [1.54, 1.807) is 6.20 Å². The first-order chi connectivity index (χ1) is 15.6. The van der Waals surface area contributed by atoms with Crippen molar-refractivity contribution in [2.75, 3.05) is 18.4 Å². The molecule has 2 aromatic rings. The van der Waals surface area contributed by atoms with Crippen LogP contribution in [-0.2, 0) is 11.3 Å². The van der Waals surface area contributed by atoms with Gasteiger partial charge in [0.05, 0.1) is 0 Å². The Kier molecular flexibility index (Phi) is 7.53. The topological polar surface area (TPSA) is 74.3 Å². The van der Waals surface area contributed by atoms with E-state index in [4.69, 9.17) is 0 Å². The largest absolute Gasteiger partial charge is 0.353 e. The highest BCUT2D eigenvalue weighted by Crippen LogP contribution is 2.23. The van der Waals surface area contributed by atoms with Crippen molar-refractivity contribution >= 4 is 17.5 Å². The first-order valence-electron chi connectivity index (χ1n) is 11.9. The van der Waals surface area contributed by atoms with E-state index >= 15 is 0 Å². The van der Waals surface area contributed by atoms with Crippen molar-refractivity contribution in [3.8, 4) is 0 Å². The minimum atomic E-state index is -0.190. The number of likely N-dealkylation sites (tertiary alicyclic amines) is 1. The molecule has 2 fully saturated rings. The van der Waals surface area contributed by atoms with Gasteiger partial charge < -0.3 is 10.6 Å². The lowest BCUT2D eigenvalue weighted by Crippen LogP contribution is -2.44. The second-order valence-electron chi connectivity index (χ2n) is 9.22. The van der Waals surface area contributed by atoms with Crippen molar-refractivity contribution in [1.29, 1.82) is 0 Å². The van der Waals surface area contributed by atoms with Gasteiger partial charge in [0.25, 0.3) is 5.91 Å². The fourth-order valence-electron chi connectivity index (χ4n) is 4.84. The minimum absolute atomic E-state index is 0.139. The molecule has 4 rings (SSSR count). The smallest absolute Gasteiger partial charge is 0.274 e. The van der Waals surface area contributed by atoms with E-state index in [0.717, 1.165) is 62.1 Å². The van der Waals surface area contributed by atoms with Gasteiger partial charge in [-0.25, -0.2) is 0 Å². The Morgan fingerprint density at radius 1 is 1.03 bits per heavy atom. The van der Waals surface area contributed by atoms with Gasteiger partial charge in [-0.05, 0) is 75.0 Å². The van der Waals surface area contributed by atoms with E-state index in [1.807, 2.05) is 37.3 Å². The molecule has 0 atom stereocenters. The molecule has 6 nitrogen and oxygen atoms in total. The molecule has 0 radical (unpaired) electrons. The molecule has 32 heavy (non-hydrogen) atoms. The molecule has 1 aliphatic heterocycles. The molecule has 2 heterocycles. The number of rotatable bonds is 6. The Morgan fingerprint density at radius 2 is 1.81 bits per heavy atom. The number of carbonyl (C=O) groups excluding carboxylic acids is 2. The first kappa shape index (κ1) is 22.5. The number of piperidine rings is 1. The van der Waals surface area contributed by atoms with Gasteiger partial charge in [-0.1, -0.05) is 37.5 Å². The molecule has 0 spiro atoms. The molecule has 2 N–H and O–H groups in total. The summed E-state index contributed by atoms with van der Waals surface area (Å²) in [5.41, 5.74) is 3.24. The van der Waals surface area contributed by atoms with Crippen LogP contribution in [0.25, 0.3) is 0 Å². The molecule has 1 aromatic heterocycles. The zero-order valence-electron chi connectivity index (χ0n) is 19.0. The van der Waals surface area contributed by atoms with Crippen molar-refractivity contribution in [3.05, 3.63) is 59.4 Å². The molecule has 6 heteroatoms. The molecule has 0 unspecified atom stereocenters. The third kappa shape index (κ3) is 5.94. The SMILES string of the molecule is Cc1cccnc1C(=O)Nc1cccc(CN2CCC(C(=O)NC3CCCCC3)CC2)c1. The normalized spacial score (nSPS) is 18.3. The van der Waals surface area contributed by atoms with Crippen LogP contribution in [0.2, 0.25) is 0 Å². The lowest BCUT2D eigenvalue weighted by atomic mass is 9.92. The number of aromatic nitrogens is 1. The summed E-state index contributed by atoms with van der Waals surface area (Å²) in [6.45, 7) is 4.56. The number of hydrogen-bond acceptors (Lipinski definition) is 4. The van der Waals surface area contributed by atoms with Crippen LogP contribution in [-0.4, -0.2) is 40.8 Å². The van der Waals surface area contributed by atoms with E-state index in [9.17, 15) is 9.59 Å². The van der Waals surface area contributed by atoms with E-state index in [-0.39, 0.29) is 17.7 Å². The number of pyridine rings is 1. The summed E-state index contributed by atoms with van der Waals surface area (Å²) in [6, 6.07) is 12.1. The summed E-state index contributed by atoms with van der Waals surface area (Å²) < 4.78 is 0. The molecular weight excluding hydrogens is 400 g/mol. The zero-order valence-corrected chi connectivity index (χ0v) is 19.0. The van der Waals surface area contributed by atoms with Gasteiger partial charge in [0, 0.05) is 30.4 Å². The number of anilines is 1. The highest BCUT2D eigenvalue weighted by molar-refractivity contribution is 6.03. The minimum Gasteiger partial charge on any atom is -0.353 e. The second kappa shape index (κ2) is 10.7. The van der Waals surface area contributed by atoms with Gasteiger partial charge >= 0.3 is 0 Å². The number of nitrogens with one attached hydrogen (secondary N) is 2.